The number of nitrogens with two attached hydrogens (primary N) is 1. The van der Waals surface area contributed by atoms with Crippen LogP contribution in [0.3, 0.4) is 0 Å². The van der Waals surface area contributed by atoms with Crippen molar-refractivity contribution in [1.82, 2.24) is 0 Å². The van der Waals surface area contributed by atoms with E-state index in [2.05, 4.69) is 0 Å². The number of halogens is 2. The minimum atomic E-state index is -3.70. The van der Waals surface area contributed by atoms with Gasteiger partial charge in [-0.3, -0.25) is 0 Å². The fourth-order valence-corrected chi connectivity index (χ4v) is 2.60. The molecule has 0 amide bonds. The van der Waals surface area contributed by atoms with E-state index in [0.29, 0.717) is 0 Å². The van der Waals surface area contributed by atoms with Gasteiger partial charge < -0.3 is 10.3 Å². The Morgan fingerprint density at radius 1 is 1.07 bits per heavy atom. The maximum Gasteiger partial charge on any atom is 0.238 e. The molecule has 0 fully saturated rings. The Labute approximate surface area is 159 Å². The predicted octanol–water partition coefficient (Wildman–Crippen LogP) is 4.37. The van der Waals surface area contributed by atoms with Crippen LogP contribution < -0.4 is 10.0 Å². The average Bonchev–Trinajstić information content (AvgIpc) is 2.68. The van der Waals surface area contributed by atoms with Gasteiger partial charge in [-0.1, -0.05) is 44.2 Å². The standard InChI is InChI=1S/C16H17N3O2S.C2H6.CH2F2/c1-19(14-7-9-15(10-8-14)22(18,20)21)16(11-12-17)13-5-3-2-4-6-13;1-2;2-1-3/h2-12,17H,1H3,(H2,18,20,21);1-2H3;1H2/b16-11-,17-12?;;. The van der Waals surface area contributed by atoms with Gasteiger partial charge in [0.2, 0.25) is 17.0 Å². The van der Waals surface area contributed by atoms with Crippen LogP contribution in [0.25, 0.3) is 5.70 Å². The molecule has 0 aliphatic heterocycles. The molecule has 0 saturated heterocycles. The molecule has 0 heterocycles. The summed E-state index contributed by atoms with van der Waals surface area (Å²) in [7, 11) is -1.84. The molecule has 3 N–H and O–H groups in total. The monoisotopic (exact) mass is 397 g/mol. The van der Waals surface area contributed by atoms with E-state index in [0.717, 1.165) is 16.9 Å². The molecular weight excluding hydrogens is 372 g/mol. The van der Waals surface area contributed by atoms with Crippen molar-refractivity contribution in [2.24, 2.45) is 5.14 Å². The number of benzene rings is 2. The first-order chi connectivity index (χ1) is 12.8. The van der Waals surface area contributed by atoms with Crippen LogP contribution in [0.5, 0.6) is 0 Å². The summed E-state index contributed by atoms with van der Waals surface area (Å²) in [5, 5.41) is 12.4. The summed E-state index contributed by atoms with van der Waals surface area (Å²) >= 11 is 0. The second-order valence-corrected chi connectivity index (χ2v) is 6.34. The van der Waals surface area contributed by atoms with Crippen molar-refractivity contribution in [2.75, 3.05) is 18.9 Å². The van der Waals surface area contributed by atoms with Crippen LogP contribution >= 0.6 is 0 Å². The molecule has 0 atom stereocenters. The molecule has 0 aromatic heterocycles. The Balaban J connectivity index is 0.00000123. The lowest BCUT2D eigenvalue weighted by atomic mass is 10.1. The second kappa shape index (κ2) is 12.7. The minimum absolute atomic E-state index is 0.0712. The molecule has 2 aromatic rings. The maximum absolute atomic E-state index is 11.3. The van der Waals surface area contributed by atoms with Gasteiger partial charge in [0, 0.05) is 24.6 Å². The molecule has 2 rings (SSSR count). The number of sulfonamides is 1. The Morgan fingerprint density at radius 3 is 1.96 bits per heavy atom. The quantitative estimate of drug-likeness (QED) is 0.735. The van der Waals surface area contributed by atoms with Crippen LogP contribution in [-0.4, -0.2) is 28.6 Å². The number of hydrogen-bond donors (Lipinski definition) is 2. The molecule has 0 aliphatic carbocycles. The largest absolute Gasteiger partial charge is 0.344 e. The van der Waals surface area contributed by atoms with Crippen molar-refractivity contribution in [3.8, 4) is 0 Å². The number of rotatable bonds is 5. The summed E-state index contributed by atoms with van der Waals surface area (Å²) in [6.07, 6.45) is 2.90. The van der Waals surface area contributed by atoms with E-state index in [1.807, 2.05) is 56.1 Å². The van der Waals surface area contributed by atoms with Crippen molar-refractivity contribution in [3.63, 3.8) is 0 Å². The van der Waals surface area contributed by atoms with Crippen LogP contribution in [0, 0.1) is 5.41 Å². The fraction of sp³-hybridized carbons (Fsp3) is 0.211. The lowest BCUT2D eigenvalue weighted by molar-refractivity contribution is 0.295. The summed E-state index contributed by atoms with van der Waals surface area (Å²) in [5.74, 6) is 0. The first kappa shape index (κ1) is 24.4. The number of hydrogen-bond acceptors (Lipinski definition) is 4. The number of allylic oxidation sites excluding steroid dienone is 1. The molecule has 27 heavy (non-hydrogen) atoms. The van der Waals surface area contributed by atoms with Gasteiger partial charge in [0.15, 0.2) is 0 Å². The number of anilines is 1. The van der Waals surface area contributed by atoms with Gasteiger partial charge in [-0.15, -0.1) is 0 Å². The van der Waals surface area contributed by atoms with Gasteiger partial charge in [-0.05, 0) is 35.9 Å². The Hall–Kier alpha value is -2.58. The lowest BCUT2D eigenvalue weighted by Gasteiger charge is -2.23. The third-order valence-electron chi connectivity index (χ3n) is 3.22. The molecular formula is C19H25F2N3O2S. The van der Waals surface area contributed by atoms with Gasteiger partial charge in [-0.2, -0.15) is 0 Å². The molecule has 0 saturated carbocycles. The van der Waals surface area contributed by atoms with E-state index in [-0.39, 0.29) is 4.90 Å². The van der Waals surface area contributed by atoms with E-state index in [1.165, 1.54) is 18.3 Å². The number of nitrogens with one attached hydrogen (secondary N) is 1. The smallest absolute Gasteiger partial charge is 0.238 e. The normalized spacial score (nSPS) is 10.7. The Morgan fingerprint density at radius 2 is 1.56 bits per heavy atom. The predicted molar refractivity (Wildman–Crippen MR) is 108 cm³/mol. The molecule has 5 nitrogen and oxygen atoms in total. The van der Waals surface area contributed by atoms with Crippen LogP contribution in [-0.2, 0) is 10.0 Å². The number of nitrogens with zero attached hydrogens (tertiary/aromatic N) is 1. The van der Waals surface area contributed by atoms with Crippen molar-refractivity contribution in [1.29, 1.82) is 5.41 Å². The molecule has 0 bridgehead atoms. The third kappa shape index (κ3) is 8.10. The van der Waals surface area contributed by atoms with Gasteiger partial charge in [0.1, 0.15) is 0 Å². The van der Waals surface area contributed by atoms with Crippen molar-refractivity contribution < 1.29 is 17.2 Å². The summed E-state index contributed by atoms with van der Waals surface area (Å²) < 4.78 is 41.8. The summed E-state index contributed by atoms with van der Waals surface area (Å²) in [6.45, 7) is 2.25. The first-order valence-corrected chi connectivity index (χ1v) is 9.64. The zero-order chi connectivity index (χ0) is 20.9. The third-order valence-corrected chi connectivity index (χ3v) is 4.15. The highest BCUT2D eigenvalue weighted by atomic mass is 32.2. The van der Waals surface area contributed by atoms with Gasteiger partial charge >= 0.3 is 0 Å². The Bertz CT molecular complexity index is 809. The topological polar surface area (TPSA) is 87.2 Å². The van der Waals surface area contributed by atoms with Gasteiger partial charge in [0.05, 0.1) is 4.90 Å². The lowest BCUT2D eigenvalue weighted by Crippen LogP contribution is -2.16. The Kier molecular flexibility index (Phi) is 11.5. The SMILES string of the molecule is CC.CN(/C(=C\C=N)c1ccccc1)c1ccc(S(N)(=O)=O)cc1.FCF. The highest BCUT2D eigenvalue weighted by molar-refractivity contribution is 7.89. The van der Waals surface area contributed by atoms with Gasteiger partial charge in [-0.25, -0.2) is 22.3 Å². The summed E-state index contributed by atoms with van der Waals surface area (Å²) in [5.41, 5.74) is 2.59. The molecule has 148 valence electrons. The van der Waals surface area contributed by atoms with Crippen LogP contribution in [0.2, 0.25) is 0 Å². The summed E-state index contributed by atoms with van der Waals surface area (Å²) in [4.78, 5) is 1.95. The van der Waals surface area contributed by atoms with E-state index >= 15 is 0 Å². The fourth-order valence-electron chi connectivity index (χ4n) is 2.09. The molecule has 0 aliphatic rings. The van der Waals surface area contributed by atoms with Crippen molar-refractivity contribution >= 4 is 27.6 Å². The molecule has 0 radical (unpaired) electrons. The first-order valence-electron chi connectivity index (χ1n) is 8.09. The van der Waals surface area contributed by atoms with Gasteiger partial charge in [0.25, 0.3) is 0 Å². The van der Waals surface area contributed by atoms with E-state index in [9.17, 15) is 17.2 Å². The average molecular weight is 397 g/mol. The molecule has 2 aromatic carbocycles. The maximum atomic E-state index is 11.3. The second-order valence-electron chi connectivity index (χ2n) is 4.78. The molecule has 0 unspecified atom stereocenters. The number of primary sulfonamides is 1. The zero-order valence-electron chi connectivity index (χ0n) is 15.6. The van der Waals surface area contributed by atoms with E-state index < -0.39 is 17.0 Å². The van der Waals surface area contributed by atoms with Crippen LogP contribution in [0.1, 0.15) is 19.4 Å². The van der Waals surface area contributed by atoms with Crippen LogP contribution in [0.4, 0.5) is 14.5 Å². The minimum Gasteiger partial charge on any atom is -0.344 e. The van der Waals surface area contributed by atoms with Crippen LogP contribution in [0.15, 0.2) is 65.6 Å². The van der Waals surface area contributed by atoms with E-state index in [4.69, 9.17) is 10.5 Å². The highest BCUT2D eigenvalue weighted by Crippen LogP contribution is 2.25. The zero-order valence-corrected chi connectivity index (χ0v) is 16.4. The molecule has 8 heteroatoms. The number of alkyl halides is 2. The van der Waals surface area contributed by atoms with E-state index in [1.54, 1.807) is 18.2 Å². The van der Waals surface area contributed by atoms with Crippen molar-refractivity contribution in [2.45, 2.75) is 18.7 Å². The molecule has 0 spiro atoms. The summed E-state index contributed by atoms with van der Waals surface area (Å²) in [6, 6.07) is 16.0. The van der Waals surface area contributed by atoms with Crippen molar-refractivity contribution in [3.05, 3.63) is 66.2 Å². The highest BCUT2D eigenvalue weighted by Gasteiger charge is 2.11.